The number of nitrogens with zero attached hydrogens (tertiary/aromatic N) is 2. The summed E-state index contributed by atoms with van der Waals surface area (Å²) in [6, 6.07) is 0. The molecule has 0 aliphatic carbocycles. The molecule has 10 nitrogen and oxygen atoms in total. The van der Waals surface area contributed by atoms with Crippen LogP contribution in [0.2, 0.25) is 36.3 Å². The fraction of sp³-hybridized carbons (Fsp3) is 0.833. The summed E-state index contributed by atoms with van der Waals surface area (Å²) in [6.07, 6.45) is 16.3. The van der Waals surface area contributed by atoms with Crippen LogP contribution in [0, 0.1) is 0 Å². The lowest BCUT2D eigenvalue weighted by Gasteiger charge is -2.41. The van der Waals surface area contributed by atoms with Crippen molar-refractivity contribution in [3.8, 4) is 0 Å². The van der Waals surface area contributed by atoms with Crippen LogP contribution in [0.3, 0.4) is 0 Å². The van der Waals surface area contributed by atoms with Crippen molar-refractivity contribution in [1.29, 1.82) is 0 Å². The molecular formula is C42H76N2O8Si2. The van der Waals surface area contributed by atoms with Gasteiger partial charge in [0.2, 0.25) is 12.0 Å². The Bertz CT molecular complexity index is 1380. The van der Waals surface area contributed by atoms with Crippen molar-refractivity contribution in [3.05, 3.63) is 36.2 Å². The molecule has 0 amide bonds. The van der Waals surface area contributed by atoms with Crippen LogP contribution < -0.4 is 0 Å². The summed E-state index contributed by atoms with van der Waals surface area (Å²) in [5, 5.41) is -0.0122. The topological polar surface area (TPSA) is 115 Å². The third-order valence-corrected chi connectivity index (χ3v) is 20.8. The van der Waals surface area contributed by atoms with Crippen LogP contribution in [0.1, 0.15) is 182 Å². The Kier molecular flexibility index (Phi) is 17.3. The van der Waals surface area contributed by atoms with Gasteiger partial charge >= 0.3 is 5.97 Å². The van der Waals surface area contributed by atoms with Gasteiger partial charge in [0, 0.05) is 12.8 Å². The molecule has 1 fully saturated rings. The van der Waals surface area contributed by atoms with Crippen LogP contribution in [0.5, 0.6) is 0 Å². The Morgan fingerprint density at radius 3 is 1.93 bits per heavy atom. The van der Waals surface area contributed by atoms with Crippen molar-refractivity contribution in [3.63, 3.8) is 0 Å². The van der Waals surface area contributed by atoms with Gasteiger partial charge in [0.05, 0.1) is 24.5 Å². The number of carbonyl (C=O) groups is 1. The van der Waals surface area contributed by atoms with E-state index in [2.05, 4.69) is 86.6 Å². The number of unbranched alkanes of at least 4 members (excludes halogenated alkanes) is 10. The molecule has 3 heterocycles. The van der Waals surface area contributed by atoms with Crippen molar-refractivity contribution in [2.24, 2.45) is 0 Å². The van der Waals surface area contributed by atoms with Gasteiger partial charge in [0.15, 0.2) is 34.6 Å². The molecule has 12 heteroatoms. The maximum atomic E-state index is 13.2. The quantitative estimate of drug-likeness (QED) is 0.0611. The van der Waals surface area contributed by atoms with Crippen LogP contribution in [0.15, 0.2) is 27.7 Å². The number of hydrogen-bond acceptors (Lipinski definition) is 10. The third kappa shape index (κ3) is 14.0. The Morgan fingerprint density at radius 1 is 0.833 bits per heavy atom. The van der Waals surface area contributed by atoms with Crippen LogP contribution in [0.25, 0.3) is 0 Å². The average Bonchev–Trinajstić information content (AvgIpc) is 3.82. The predicted molar refractivity (Wildman–Crippen MR) is 219 cm³/mol. The lowest BCUT2D eigenvalue weighted by molar-refractivity contribution is -0.154. The number of esters is 1. The Balaban J connectivity index is 1.76. The van der Waals surface area contributed by atoms with E-state index in [4.69, 9.17) is 36.9 Å². The standard InChI is InChI=1S/C42H76N2O8Si2/c1-15-16-17-18-19-20-21-22-23-24-25-26-36(45)48-38(35-28-43-30-47-35)39-44-32(29-46-39)33(52-54(13,14)41(6,7)8)27-34-37(50-42(9,10)49-34)31(2)51-53(11,12)40(3,4)5/h28-31,33-34,37-38H,15-27H2,1-14H3/t31-,33+,34-,37+,38?/m1/s1. The molecule has 0 bridgehead atoms. The molecule has 0 aromatic carbocycles. The van der Waals surface area contributed by atoms with E-state index >= 15 is 0 Å². The number of oxazole rings is 2. The van der Waals surface area contributed by atoms with E-state index in [1.165, 1.54) is 64.0 Å². The van der Waals surface area contributed by atoms with Crippen molar-refractivity contribution >= 4 is 22.6 Å². The van der Waals surface area contributed by atoms with Gasteiger partial charge in [-0.05, 0) is 63.5 Å². The molecule has 1 aliphatic rings. The zero-order valence-corrected chi connectivity index (χ0v) is 38.5. The highest BCUT2D eigenvalue weighted by Crippen LogP contribution is 2.45. The molecule has 0 saturated carbocycles. The molecule has 2 aromatic rings. The number of hydrogen-bond donors (Lipinski definition) is 0. The lowest BCUT2D eigenvalue weighted by atomic mass is 10.0. The van der Waals surface area contributed by atoms with Gasteiger partial charge in [0.25, 0.3) is 0 Å². The molecule has 0 radical (unpaired) electrons. The summed E-state index contributed by atoms with van der Waals surface area (Å²) in [5.41, 5.74) is 0.603. The van der Waals surface area contributed by atoms with Crippen molar-refractivity contribution in [2.45, 2.75) is 225 Å². The van der Waals surface area contributed by atoms with Crippen LogP contribution >= 0.6 is 0 Å². The number of aromatic nitrogens is 2. The minimum atomic E-state index is -2.32. The van der Waals surface area contributed by atoms with Crippen molar-refractivity contribution in [1.82, 2.24) is 9.97 Å². The fourth-order valence-corrected chi connectivity index (χ4v) is 9.10. The molecular weight excluding hydrogens is 717 g/mol. The number of rotatable bonds is 23. The summed E-state index contributed by atoms with van der Waals surface area (Å²) >= 11 is 0. The summed E-state index contributed by atoms with van der Waals surface area (Å²) in [7, 11) is -4.41. The first kappa shape index (κ1) is 46.5. The summed E-state index contributed by atoms with van der Waals surface area (Å²) in [5.74, 6) is -0.550. The maximum Gasteiger partial charge on any atom is 0.307 e. The molecule has 54 heavy (non-hydrogen) atoms. The minimum Gasteiger partial charge on any atom is -0.445 e. The predicted octanol–water partition coefficient (Wildman–Crippen LogP) is 12.4. The molecule has 3 rings (SSSR count). The molecule has 2 aromatic heterocycles. The van der Waals surface area contributed by atoms with E-state index in [-0.39, 0.29) is 40.2 Å². The minimum absolute atomic E-state index is 0.0489. The van der Waals surface area contributed by atoms with Crippen molar-refractivity contribution < 1.29 is 36.7 Å². The smallest absolute Gasteiger partial charge is 0.307 e. The van der Waals surface area contributed by atoms with Gasteiger partial charge < -0.3 is 31.9 Å². The van der Waals surface area contributed by atoms with E-state index in [1.54, 1.807) is 6.26 Å². The number of ether oxygens (including phenoxy) is 3. The van der Waals surface area contributed by atoms with Gasteiger partial charge in [0.1, 0.15) is 18.1 Å². The zero-order chi connectivity index (χ0) is 40.4. The summed E-state index contributed by atoms with van der Waals surface area (Å²) < 4.78 is 44.8. The molecule has 5 atom stereocenters. The lowest BCUT2D eigenvalue weighted by Crippen LogP contribution is -2.48. The molecule has 1 saturated heterocycles. The highest BCUT2D eigenvalue weighted by molar-refractivity contribution is 6.74. The molecule has 1 unspecified atom stereocenters. The van der Waals surface area contributed by atoms with Crippen LogP contribution in [-0.4, -0.2) is 56.7 Å². The fourth-order valence-electron chi connectivity index (χ4n) is 6.40. The number of carbonyl (C=O) groups excluding carboxylic acids is 1. The largest absolute Gasteiger partial charge is 0.445 e. The second-order valence-electron chi connectivity index (χ2n) is 19.0. The first-order chi connectivity index (χ1) is 25.1. The monoisotopic (exact) mass is 793 g/mol. The second kappa shape index (κ2) is 20.0. The van der Waals surface area contributed by atoms with E-state index in [0.29, 0.717) is 24.3 Å². The highest BCUT2D eigenvalue weighted by Gasteiger charge is 2.49. The molecule has 0 N–H and O–H groups in total. The van der Waals surface area contributed by atoms with E-state index in [9.17, 15) is 4.79 Å². The van der Waals surface area contributed by atoms with Crippen LogP contribution in [-0.2, 0) is 27.9 Å². The van der Waals surface area contributed by atoms with E-state index < -0.39 is 34.6 Å². The first-order valence-corrected chi connectivity index (χ1v) is 26.6. The molecule has 310 valence electrons. The first-order valence-electron chi connectivity index (χ1n) is 20.8. The second-order valence-corrected chi connectivity index (χ2v) is 28.5. The highest BCUT2D eigenvalue weighted by atomic mass is 28.4. The van der Waals surface area contributed by atoms with E-state index in [0.717, 1.165) is 19.3 Å². The average molecular weight is 793 g/mol. The SMILES string of the molecule is CCCCCCCCCCCCCC(=O)OC(c1cnco1)c1nc([C@H](C[C@H]2OC(C)(C)O[C@H]2[C@@H](C)O[Si](C)(C)C(C)(C)C)O[Si](C)(C)C(C)(C)C)co1. The van der Waals surface area contributed by atoms with Gasteiger partial charge in [-0.25, -0.2) is 9.97 Å². The Labute approximate surface area is 329 Å². The van der Waals surface area contributed by atoms with Gasteiger partial charge in [-0.1, -0.05) is 113 Å². The summed E-state index contributed by atoms with van der Waals surface area (Å²) in [4.78, 5) is 22.2. The van der Waals surface area contributed by atoms with Crippen LogP contribution in [0.4, 0.5) is 0 Å². The third-order valence-electron chi connectivity index (χ3n) is 11.7. The Morgan fingerprint density at radius 2 is 1.39 bits per heavy atom. The Hall–Kier alpha value is -1.84. The normalized spacial score (nSPS) is 19.9. The van der Waals surface area contributed by atoms with Gasteiger partial charge in [-0.3, -0.25) is 4.79 Å². The van der Waals surface area contributed by atoms with Gasteiger partial charge in [-0.15, -0.1) is 0 Å². The summed E-state index contributed by atoms with van der Waals surface area (Å²) in [6.45, 7) is 30.6. The molecule has 0 spiro atoms. The maximum absolute atomic E-state index is 13.2. The van der Waals surface area contributed by atoms with Crippen molar-refractivity contribution in [2.75, 3.05) is 0 Å². The molecule has 1 aliphatic heterocycles. The van der Waals surface area contributed by atoms with Gasteiger partial charge in [-0.2, -0.15) is 0 Å². The van der Waals surface area contributed by atoms with E-state index in [1.807, 2.05) is 13.8 Å². The zero-order valence-electron chi connectivity index (χ0n) is 36.5.